The van der Waals surface area contributed by atoms with Crippen LogP contribution in [0, 0.1) is 0 Å². The molecule has 0 atom stereocenters. The summed E-state index contributed by atoms with van der Waals surface area (Å²) >= 11 is 11.5. The predicted molar refractivity (Wildman–Crippen MR) is 52.8 cm³/mol. The van der Waals surface area contributed by atoms with Crippen molar-refractivity contribution in [1.29, 1.82) is 0 Å². The van der Waals surface area contributed by atoms with E-state index in [0.717, 1.165) is 0 Å². The second kappa shape index (κ2) is 3.38. The first kappa shape index (κ1) is 9.43. The molecule has 0 heterocycles. The Kier molecular flexibility index (Phi) is 2.65. The fourth-order valence-electron chi connectivity index (χ4n) is 0.983. The van der Waals surface area contributed by atoms with Crippen molar-refractivity contribution in [2.75, 3.05) is 0 Å². The van der Waals surface area contributed by atoms with Crippen LogP contribution in [0.1, 0.15) is 12.5 Å². The number of phenolic OH excluding ortho intramolecular Hbond substituents is 1. The lowest BCUT2D eigenvalue weighted by atomic mass is 10.1. The minimum atomic E-state index is 0.0694. The third-order valence-electron chi connectivity index (χ3n) is 1.46. The van der Waals surface area contributed by atoms with E-state index >= 15 is 0 Å². The molecule has 0 aliphatic carbocycles. The number of rotatable bonds is 1. The van der Waals surface area contributed by atoms with Gasteiger partial charge in [-0.1, -0.05) is 29.8 Å². The third-order valence-corrected chi connectivity index (χ3v) is 1.98. The van der Waals surface area contributed by atoms with Crippen molar-refractivity contribution in [1.82, 2.24) is 0 Å². The second-order valence-corrected chi connectivity index (χ2v) is 3.41. The lowest BCUT2D eigenvalue weighted by Gasteiger charge is -2.06. The van der Waals surface area contributed by atoms with Crippen molar-refractivity contribution in [3.63, 3.8) is 0 Å². The molecule has 1 nitrogen and oxygen atoms in total. The number of aromatic hydroxyl groups is 1. The van der Waals surface area contributed by atoms with E-state index < -0.39 is 0 Å². The highest BCUT2D eigenvalue weighted by molar-refractivity contribution is 6.36. The maximum Gasteiger partial charge on any atom is 0.126 e. The Bertz CT molecular complexity index is 308. The zero-order valence-electron chi connectivity index (χ0n) is 6.56. The van der Waals surface area contributed by atoms with Crippen LogP contribution in [0.3, 0.4) is 0 Å². The van der Waals surface area contributed by atoms with Crippen LogP contribution in [0.15, 0.2) is 18.7 Å². The molecular weight excluding hydrogens is 195 g/mol. The molecule has 0 saturated heterocycles. The molecule has 0 aliphatic heterocycles. The molecule has 1 N–H and O–H groups in total. The number of hydrogen-bond donors (Lipinski definition) is 1. The quantitative estimate of drug-likeness (QED) is 0.737. The summed E-state index contributed by atoms with van der Waals surface area (Å²) in [7, 11) is 0. The van der Waals surface area contributed by atoms with Gasteiger partial charge in [-0.25, -0.2) is 0 Å². The second-order valence-electron chi connectivity index (χ2n) is 2.56. The van der Waals surface area contributed by atoms with Gasteiger partial charge in [-0.15, -0.1) is 0 Å². The Morgan fingerprint density at radius 2 is 2.00 bits per heavy atom. The lowest BCUT2D eigenvalue weighted by Crippen LogP contribution is -1.82. The van der Waals surface area contributed by atoms with Crippen molar-refractivity contribution in [2.45, 2.75) is 6.92 Å². The number of benzene rings is 1. The molecule has 0 spiro atoms. The average molecular weight is 203 g/mol. The molecule has 0 aromatic heterocycles. The summed E-state index contributed by atoms with van der Waals surface area (Å²) in [5.41, 5.74) is 1.27. The van der Waals surface area contributed by atoms with Gasteiger partial charge in [0.15, 0.2) is 0 Å². The average Bonchev–Trinajstić information content (AvgIpc) is 1.82. The SMILES string of the molecule is C=C(C)c1c(O)cc(Cl)cc1Cl. The van der Waals surface area contributed by atoms with Crippen LogP contribution in [0.25, 0.3) is 5.57 Å². The summed E-state index contributed by atoms with van der Waals surface area (Å²) in [6.07, 6.45) is 0. The molecule has 0 fully saturated rings. The van der Waals surface area contributed by atoms with Crippen LogP contribution in [-0.4, -0.2) is 5.11 Å². The minimum absolute atomic E-state index is 0.0694. The van der Waals surface area contributed by atoms with E-state index in [1.54, 1.807) is 13.0 Å². The van der Waals surface area contributed by atoms with Gasteiger partial charge in [0, 0.05) is 10.6 Å². The summed E-state index contributed by atoms with van der Waals surface area (Å²) in [5.74, 6) is 0.0694. The van der Waals surface area contributed by atoms with Gasteiger partial charge in [-0.3, -0.25) is 0 Å². The molecular formula is C9H8Cl2O. The molecule has 0 saturated carbocycles. The number of phenols is 1. The van der Waals surface area contributed by atoms with Gasteiger partial charge in [0.25, 0.3) is 0 Å². The molecule has 0 amide bonds. The van der Waals surface area contributed by atoms with Crippen LogP contribution >= 0.6 is 23.2 Å². The van der Waals surface area contributed by atoms with Gasteiger partial charge in [0.2, 0.25) is 0 Å². The smallest absolute Gasteiger partial charge is 0.126 e. The highest BCUT2D eigenvalue weighted by atomic mass is 35.5. The van der Waals surface area contributed by atoms with Crippen molar-refractivity contribution in [3.8, 4) is 5.75 Å². The van der Waals surface area contributed by atoms with Gasteiger partial charge >= 0.3 is 0 Å². The van der Waals surface area contributed by atoms with Gasteiger partial charge in [0.1, 0.15) is 5.75 Å². The maximum absolute atomic E-state index is 9.41. The van der Waals surface area contributed by atoms with E-state index in [1.165, 1.54) is 6.07 Å². The van der Waals surface area contributed by atoms with Crippen molar-refractivity contribution in [2.24, 2.45) is 0 Å². The largest absolute Gasteiger partial charge is 0.507 e. The van der Waals surface area contributed by atoms with Crippen molar-refractivity contribution in [3.05, 3.63) is 34.3 Å². The fraction of sp³-hybridized carbons (Fsp3) is 0.111. The Hall–Kier alpha value is -0.660. The zero-order valence-corrected chi connectivity index (χ0v) is 8.08. The highest BCUT2D eigenvalue weighted by Crippen LogP contribution is 2.34. The van der Waals surface area contributed by atoms with Crippen LogP contribution < -0.4 is 0 Å². The number of allylic oxidation sites excluding steroid dienone is 1. The molecule has 0 bridgehead atoms. The number of halogens is 2. The summed E-state index contributed by atoms with van der Waals surface area (Å²) in [6.45, 7) is 5.46. The van der Waals surface area contributed by atoms with Gasteiger partial charge in [-0.2, -0.15) is 0 Å². The van der Waals surface area contributed by atoms with Gasteiger partial charge in [0.05, 0.1) is 5.02 Å². The van der Waals surface area contributed by atoms with Crippen molar-refractivity contribution >= 4 is 28.8 Å². The standard InChI is InChI=1S/C9H8Cl2O/c1-5(2)9-7(11)3-6(10)4-8(9)12/h3-4,12H,1H2,2H3. The molecule has 3 heteroatoms. The fourth-order valence-corrected chi connectivity index (χ4v) is 1.63. The molecule has 1 aromatic rings. The van der Waals surface area contributed by atoms with Crippen LogP contribution in [-0.2, 0) is 0 Å². The third kappa shape index (κ3) is 1.74. The van der Waals surface area contributed by atoms with E-state index in [0.29, 0.717) is 21.2 Å². The first-order chi connectivity index (χ1) is 5.52. The summed E-state index contributed by atoms with van der Waals surface area (Å²) in [4.78, 5) is 0. The van der Waals surface area contributed by atoms with E-state index in [9.17, 15) is 5.11 Å². The van der Waals surface area contributed by atoms with Gasteiger partial charge in [-0.05, 0) is 24.6 Å². The normalized spacial score (nSPS) is 9.92. The molecule has 1 rings (SSSR count). The summed E-state index contributed by atoms with van der Waals surface area (Å²) in [5, 5.41) is 10.3. The number of hydrogen-bond acceptors (Lipinski definition) is 1. The van der Waals surface area contributed by atoms with E-state index in [-0.39, 0.29) is 5.75 Å². The molecule has 64 valence electrons. The maximum atomic E-state index is 9.41. The van der Waals surface area contributed by atoms with Crippen LogP contribution in [0.2, 0.25) is 10.0 Å². The zero-order chi connectivity index (χ0) is 9.30. The Morgan fingerprint density at radius 1 is 1.42 bits per heavy atom. The molecule has 0 unspecified atom stereocenters. The molecule has 0 radical (unpaired) electrons. The molecule has 12 heavy (non-hydrogen) atoms. The Balaban J connectivity index is 3.38. The van der Waals surface area contributed by atoms with E-state index in [1.807, 2.05) is 0 Å². The monoisotopic (exact) mass is 202 g/mol. The van der Waals surface area contributed by atoms with E-state index in [2.05, 4.69) is 6.58 Å². The van der Waals surface area contributed by atoms with Crippen LogP contribution in [0.4, 0.5) is 0 Å². The summed E-state index contributed by atoms with van der Waals surface area (Å²) < 4.78 is 0. The summed E-state index contributed by atoms with van der Waals surface area (Å²) in [6, 6.07) is 3.02. The topological polar surface area (TPSA) is 20.2 Å². The molecule has 0 aliphatic rings. The van der Waals surface area contributed by atoms with Gasteiger partial charge < -0.3 is 5.11 Å². The predicted octanol–water partition coefficient (Wildman–Crippen LogP) is 3.73. The van der Waals surface area contributed by atoms with Crippen molar-refractivity contribution < 1.29 is 5.11 Å². The molecule has 1 aromatic carbocycles. The lowest BCUT2D eigenvalue weighted by molar-refractivity contribution is 0.473. The Morgan fingerprint density at radius 3 is 2.42 bits per heavy atom. The van der Waals surface area contributed by atoms with Crippen LogP contribution in [0.5, 0.6) is 5.75 Å². The first-order valence-electron chi connectivity index (χ1n) is 3.36. The minimum Gasteiger partial charge on any atom is -0.507 e. The first-order valence-corrected chi connectivity index (χ1v) is 4.12. The highest BCUT2D eigenvalue weighted by Gasteiger charge is 2.08. The van der Waals surface area contributed by atoms with E-state index in [4.69, 9.17) is 23.2 Å². The Labute approximate surface area is 81.2 Å².